The van der Waals surface area contributed by atoms with E-state index in [9.17, 15) is 4.79 Å². The highest BCUT2D eigenvalue weighted by Gasteiger charge is 2.30. The first-order valence-corrected chi connectivity index (χ1v) is 6.88. The molecule has 1 aliphatic heterocycles. The van der Waals surface area contributed by atoms with Crippen LogP contribution >= 0.6 is 0 Å². The lowest BCUT2D eigenvalue weighted by Gasteiger charge is -2.16. The Morgan fingerprint density at radius 3 is 2.67 bits per heavy atom. The largest absolute Gasteiger partial charge is 0.492 e. The van der Waals surface area contributed by atoms with E-state index >= 15 is 0 Å². The standard InChI is InChI=1S/C9H15NO4Si/c1-2-8-6-9(11)10(7-8)4-3-5-15(12,13)14/h1,8,12-14H,3-7H2. The molecule has 5 nitrogen and oxygen atoms in total. The van der Waals surface area contributed by atoms with Crippen LogP contribution in [-0.2, 0) is 4.79 Å². The van der Waals surface area contributed by atoms with Crippen molar-refractivity contribution in [2.75, 3.05) is 13.1 Å². The van der Waals surface area contributed by atoms with Gasteiger partial charge in [0, 0.05) is 31.5 Å². The molecule has 1 aliphatic rings. The molecule has 0 spiro atoms. The van der Waals surface area contributed by atoms with E-state index in [0.717, 1.165) is 0 Å². The second kappa shape index (κ2) is 4.77. The fraction of sp³-hybridized carbons (Fsp3) is 0.667. The average Bonchev–Trinajstić information content (AvgIpc) is 2.45. The predicted octanol–water partition coefficient (Wildman–Crippen LogP) is -1.23. The number of amides is 1. The fourth-order valence-corrected chi connectivity index (χ4v) is 2.24. The third-order valence-corrected chi connectivity index (χ3v) is 3.41. The van der Waals surface area contributed by atoms with E-state index in [0.29, 0.717) is 25.9 Å². The van der Waals surface area contributed by atoms with E-state index in [2.05, 4.69) is 5.92 Å². The Bertz CT molecular complexity index is 281. The number of carbonyl (C=O) groups excluding carboxylic acids is 1. The zero-order chi connectivity index (χ0) is 11.5. The van der Waals surface area contributed by atoms with Gasteiger partial charge in [-0.2, -0.15) is 0 Å². The second-order valence-electron chi connectivity index (χ2n) is 3.79. The van der Waals surface area contributed by atoms with Gasteiger partial charge in [-0.05, 0) is 6.42 Å². The average molecular weight is 229 g/mol. The van der Waals surface area contributed by atoms with E-state index in [1.165, 1.54) is 0 Å². The third-order valence-electron chi connectivity index (χ3n) is 2.39. The van der Waals surface area contributed by atoms with E-state index in [4.69, 9.17) is 20.8 Å². The molecule has 0 bridgehead atoms. The molecule has 84 valence electrons. The Morgan fingerprint density at radius 1 is 1.53 bits per heavy atom. The molecular formula is C9H15NO4Si. The zero-order valence-electron chi connectivity index (χ0n) is 8.39. The summed E-state index contributed by atoms with van der Waals surface area (Å²) in [6.45, 7) is 0.958. The number of nitrogens with zero attached hydrogens (tertiary/aromatic N) is 1. The van der Waals surface area contributed by atoms with Gasteiger partial charge in [-0.1, -0.05) is 0 Å². The quantitative estimate of drug-likeness (QED) is 0.417. The summed E-state index contributed by atoms with van der Waals surface area (Å²) in [5.74, 6) is 2.50. The Hall–Kier alpha value is -0.873. The van der Waals surface area contributed by atoms with Gasteiger partial charge in [0.05, 0.1) is 0 Å². The van der Waals surface area contributed by atoms with E-state index in [1.54, 1.807) is 4.90 Å². The molecule has 1 fully saturated rings. The summed E-state index contributed by atoms with van der Waals surface area (Å²) in [5, 5.41) is 0. The van der Waals surface area contributed by atoms with Gasteiger partial charge in [-0.15, -0.1) is 12.3 Å². The number of carbonyl (C=O) groups is 1. The van der Waals surface area contributed by atoms with Gasteiger partial charge in [0.25, 0.3) is 0 Å². The fourth-order valence-electron chi connectivity index (χ4n) is 1.61. The van der Waals surface area contributed by atoms with E-state index in [-0.39, 0.29) is 17.9 Å². The van der Waals surface area contributed by atoms with Gasteiger partial charge in [0.1, 0.15) is 0 Å². The van der Waals surface area contributed by atoms with Crippen molar-refractivity contribution in [3.05, 3.63) is 0 Å². The normalized spacial score (nSPS) is 21.9. The van der Waals surface area contributed by atoms with E-state index < -0.39 is 8.80 Å². The van der Waals surface area contributed by atoms with Crippen molar-refractivity contribution in [3.63, 3.8) is 0 Å². The summed E-state index contributed by atoms with van der Waals surface area (Å²) in [6, 6.07) is -0.0441. The summed E-state index contributed by atoms with van der Waals surface area (Å²) in [4.78, 5) is 39.3. The molecular weight excluding hydrogens is 214 g/mol. The molecule has 0 aromatic carbocycles. The molecule has 1 atom stereocenters. The van der Waals surface area contributed by atoms with Crippen LogP contribution in [0.1, 0.15) is 12.8 Å². The predicted molar refractivity (Wildman–Crippen MR) is 55.4 cm³/mol. The maximum absolute atomic E-state index is 11.4. The van der Waals surface area contributed by atoms with Gasteiger partial charge in [-0.3, -0.25) is 4.79 Å². The lowest BCUT2D eigenvalue weighted by molar-refractivity contribution is -0.127. The van der Waals surface area contributed by atoms with Crippen LogP contribution in [0.3, 0.4) is 0 Å². The Morgan fingerprint density at radius 2 is 2.20 bits per heavy atom. The lowest BCUT2D eigenvalue weighted by atomic mass is 10.1. The van der Waals surface area contributed by atoms with Crippen LogP contribution in [0.25, 0.3) is 0 Å². The molecule has 1 saturated heterocycles. The second-order valence-corrected chi connectivity index (χ2v) is 5.83. The Labute approximate surface area is 89.7 Å². The minimum Gasteiger partial charge on any atom is -0.390 e. The molecule has 0 radical (unpaired) electrons. The van der Waals surface area contributed by atoms with Crippen LogP contribution in [0, 0.1) is 18.3 Å². The maximum Gasteiger partial charge on any atom is 0.492 e. The maximum atomic E-state index is 11.4. The van der Waals surface area contributed by atoms with Crippen molar-refractivity contribution >= 4 is 14.7 Å². The third kappa shape index (κ3) is 4.01. The van der Waals surface area contributed by atoms with Crippen LogP contribution in [0.4, 0.5) is 0 Å². The summed E-state index contributed by atoms with van der Waals surface area (Å²) in [7, 11) is -3.95. The SMILES string of the molecule is C#CC1CC(=O)N(CCC[Si](O)(O)O)C1. The molecule has 6 heteroatoms. The van der Waals surface area contributed by atoms with Gasteiger partial charge < -0.3 is 19.3 Å². The summed E-state index contributed by atoms with van der Waals surface area (Å²) < 4.78 is 0. The molecule has 1 rings (SSSR count). The first-order valence-electron chi connectivity index (χ1n) is 4.83. The Balaban J connectivity index is 2.29. The van der Waals surface area contributed by atoms with Crippen LogP contribution in [0.15, 0.2) is 0 Å². The molecule has 0 aliphatic carbocycles. The van der Waals surface area contributed by atoms with Crippen molar-refractivity contribution in [2.24, 2.45) is 5.92 Å². The van der Waals surface area contributed by atoms with Crippen LogP contribution in [0.2, 0.25) is 6.04 Å². The molecule has 3 N–H and O–H groups in total. The van der Waals surface area contributed by atoms with Crippen molar-refractivity contribution in [1.82, 2.24) is 4.90 Å². The van der Waals surface area contributed by atoms with Crippen LogP contribution in [0.5, 0.6) is 0 Å². The highest BCUT2D eigenvalue weighted by atomic mass is 28.4. The molecule has 1 unspecified atom stereocenters. The van der Waals surface area contributed by atoms with Crippen LogP contribution < -0.4 is 0 Å². The number of hydrogen-bond acceptors (Lipinski definition) is 4. The van der Waals surface area contributed by atoms with Gasteiger partial charge >= 0.3 is 8.80 Å². The molecule has 1 heterocycles. The molecule has 0 saturated carbocycles. The topological polar surface area (TPSA) is 81.0 Å². The number of terminal acetylenes is 1. The highest BCUT2D eigenvalue weighted by Crippen LogP contribution is 2.17. The zero-order valence-corrected chi connectivity index (χ0v) is 9.39. The summed E-state index contributed by atoms with van der Waals surface area (Å²) in [5.41, 5.74) is 0. The van der Waals surface area contributed by atoms with Gasteiger partial charge in [-0.25, -0.2) is 0 Å². The number of hydrogen-bond donors (Lipinski definition) is 3. The molecule has 0 aromatic heterocycles. The van der Waals surface area contributed by atoms with Crippen molar-refractivity contribution < 1.29 is 19.2 Å². The van der Waals surface area contributed by atoms with Gasteiger partial charge in [0.2, 0.25) is 5.91 Å². The van der Waals surface area contributed by atoms with Crippen molar-refractivity contribution in [3.8, 4) is 12.3 Å². The van der Waals surface area contributed by atoms with E-state index in [1.807, 2.05) is 0 Å². The van der Waals surface area contributed by atoms with Crippen LogP contribution in [-0.4, -0.2) is 47.1 Å². The molecule has 15 heavy (non-hydrogen) atoms. The molecule has 0 aromatic rings. The van der Waals surface area contributed by atoms with Crippen molar-refractivity contribution in [2.45, 2.75) is 18.9 Å². The number of likely N-dealkylation sites (tertiary alicyclic amines) is 1. The number of rotatable bonds is 4. The van der Waals surface area contributed by atoms with Crippen molar-refractivity contribution in [1.29, 1.82) is 0 Å². The smallest absolute Gasteiger partial charge is 0.390 e. The van der Waals surface area contributed by atoms with Gasteiger partial charge in [0.15, 0.2) is 0 Å². The first-order chi connectivity index (χ1) is 6.92. The lowest BCUT2D eigenvalue weighted by Crippen LogP contribution is -2.36. The highest BCUT2D eigenvalue weighted by molar-refractivity contribution is 6.56. The minimum atomic E-state index is -3.95. The Kier molecular flexibility index (Phi) is 3.88. The first kappa shape index (κ1) is 12.2. The summed E-state index contributed by atoms with van der Waals surface area (Å²) >= 11 is 0. The minimum absolute atomic E-state index is 0.000893. The monoisotopic (exact) mass is 229 g/mol. The summed E-state index contributed by atoms with van der Waals surface area (Å²) in [6.07, 6.45) is 5.97. The molecule has 1 amide bonds.